The van der Waals surface area contributed by atoms with Gasteiger partial charge < -0.3 is 10.6 Å². The molecule has 1 aliphatic carbocycles. The highest BCUT2D eigenvalue weighted by atomic mass is 15.0. The summed E-state index contributed by atoms with van der Waals surface area (Å²) in [7, 11) is 4.10. The van der Waals surface area contributed by atoms with Gasteiger partial charge in [-0.25, -0.2) is 0 Å². The van der Waals surface area contributed by atoms with Gasteiger partial charge in [0.1, 0.15) is 0 Å². The van der Waals surface area contributed by atoms with Crippen LogP contribution in [-0.4, -0.2) is 26.7 Å². The molecule has 0 amide bonds. The van der Waals surface area contributed by atoms with Crippen LogP contribution in [0.5, 0.6) is 0 Å². The standard InChI is InChI=1S/C9H20N2/c1-10-7-9(11-2)8-5-3-4-6-8/h8-11H,3-7H2,1-2H3. The van der Waals surface area contributed by atoms with E-state index in [1.165, 1.54) is 25.7 Å². The molecule has 11 heavy (non-hydrogen) atoms. The van der Waals surface area contributed by atoms with Crippen molar-refractivity contribution in [2.24, 2.45) is 5.92 Å². The average Bonchev–Trinajstić information content (AvgIpc) is 2.52. The molecule has 0 aromatic heterocycles. The molecule has 1 unspecified atom stereocenters. The third-order valence-electron chi connectivity index (χ3n) is 2.76. The summed E-state index contributed by atoms with van der Waals surface area (Å²) in [5.74, 6) is 0.924. The van der Waals surface area contributed by atoms with Crippen LogP contribution in [0.1, 0.15) is 25.7 Å². The van der Waals surface area contributed by atoms with E-state index in [9.17, 15) is 0 Å². The van der Waals surface area contributed by atoms with Crippen LogP contribution >= 0.6 is 0 Å². The monoisotopic (exact) mass is 156 g/mol. The van der Waals surface area contributed by atoms with E-state index in [2.05, 4.69) is 17.7 Å². The minimum Gasteiger partial charge on any atom is -0.318 e. The first-order valence-corrected chi connectivity index (χ1v) is 4.70. The van der Waals surface area contributed by atoms with Gasteiger partial charge >= 0.3 is 0 Å². The lowest BCUT2D eigenvalue weighted by Crippen LogP contribution is -2.40. The van der Waals surface area contributed by atoms with Crippen molar-refractivity contribution >= 4 is 0 Å². The Balaban J connectivity index is 2.27. The normalized spacial score (nSPS) is 22.4. The average molecular weight is 156 g/mol. The number of nitrogens with one attached hydrogen (secondary N) is 2. The predicted molar refractivity (Wildman–Crippen MR) is 48.7 cm³/mol. The van der Waals surface area contributed by atoms with Gasteiger partial charge in [0.05, 0.1) is 0 Å². The molecular formula is C9H20N2. The van der Waals surface area contributed by atoms with Crippen LogP contribution < -0.4 is 10.6 Å². The minimum atomic E-state index is 0.697. The van der Waals surface area contributed by atoms with Crippen molar-refractivity contribution in [3.05, 3.63) is 0 Å². The van der Waals surface area contributed by atoms with E-state index in [4.69, 9.17) is 0 Å². The second kappa shape index (κ2) is 4.73. The molecule has 0 aromatic rings. The Hall–Kier alpha value is -0.0800. The highest BCUT2D eigenvalue weighted by molar-refractivity contribution is 4.80. The SMILES string of the molecule is CNCC(NC)C1CCCC1. The van der Waals surface area contributed by atoms with Crippen LogP contribution in [0.15, 0.2) is 0 Å². The van der Waals surface area contributed by atoms with Gasteiger partial charge in [-0.3, -0.25) is 0 Å². The van der Waals surface area contributed by atoms with Crippen molar-refractivity contribution in [2.75, 3.05) is 20.6 Å². The topological polar surface area (TPSA) is 24.1 Å². The van der Waals surface area contributed by atoms with E-state index < -0.39 is 0 Å². The molecule has 66 valence electrons. The first kappa shape index (κ1) is 9.01. The molecule has 1 fully saturated rings. The van der Waals surface area contributed by atoms with E-state index in [1.54, 1.807) is 0 Å². The van der Waals surface area contributed by atoms with Crippen molar-refractivity contribution in [1.82, 2.24) is 10.6 Å². The molecule has 2 N–H and O–H groups in total. The van der Waals surface area contributed by atoms with E-state index in [1.807, 2.05) is 7.05 Å². The summed E-state index contributed by atoms with van der Waals surface area (Å²) in [6, 6.07) is 0.697. The lowest BCUT2D eigenvalue weighted by molar-refractivity contribution is 0.370. The maximum absolute atomic E-state index is 3.38. The van der Waals surface area contributed by atoms with E-state index in [0.29, 0.717) is 6.04 Å². The van der Waals surface area contributed by atoms with Crippen molar-refractivity contribution < 1.29 is 0 Å². The second-order valence-electron chi connectivity index (χ2n) is 3.50. The third kappa shape index (κ3) is 2.46. The Kier molecular flexibility index (Phi) is 3.87. The Bertz CT molecular complexity index is 97.7. The van der Waals surface area contributed by atoms with Crippen LogP contribution in [0.2, 0.25) is 0 Å². The summed E-state index contributed by atoms with van der Waals surface area (Å²) in [5, 5.41) is 6.62. The fourth-order valence-electron chi connectivity index (χ4n) is 2.08. The van der Waals surface area contributed by atoms with E-state index >= 15 is 0 Å². The predicted octanol–water partition coefficient (Wildman–Crippen LogP) is 0.984. The molecule has 0 bridgehead atoms. The summed E-state index contributed by atoms with van der Waals surface area (Å²) >= 11 is 0. The van der Waals surface area contributed by atoms with Gasteiger partial charge in [-0.1, -0.05) is 12.8 Å². The molecule has 0 heterocycles. The molecule has 2 heteroatoms. The molecule has 1 aliphatic rings. The van der Waals surface area contributed by atoms with Crippen molar-refractivity contribution in [1.29, 1.82) is 0 Å². The molecular weight excluding hydrogens is 136 g/mol. The smallest absolute Gasteiger partial charge is 0.0217 e. The molecule has 1 rings (SSSR count). The molecule has 0 aliphatic heterocycles. The maximum Gasteiger partial charge on any atom is 0.0217 e. The maximum atomic E-state index is 3.38. The Morgan fingerprint density at radius 2 is 1.91 bits per heavy atom. The summed E-state index contributed by atoms with van der Waals surface area (Å²) in [6.07, 6.45) is 5.72. The minimum absolute atomic E-state index is 0.697. The summed E-state index contributed by atoms with van der Waals surface area (Å²) in [4.78, 5) is 0. The Morgan fingerprint density at radius 3 is 2.36 bits per heavy atom. The van der Waals surface area contributed by atoms with Crippen molar-refractivity contribution in [3.63, 3.8) is 0 Å². The van der Waals surface area contributed by atoms with E-state index in [-0.39, 0.29) is 0 Å². The van der Waals surface area contributed by atoms with Crippen LogP contribution in [0, 0.1) is 5.92 Å². The fraction of sp³-hybridized carbons (Fsp3) is 1.00. The summed E-state index contributed by atoms with van der Waals surface area (Å²) in [6.45, 7) is 1.11. The van der Waals surface area contributed by atoms with Crippen LogP contribution in [0.3, 0.4) is 0 Å². The quantitative estimate of drug-likeness (QED) is 0.634. The zero-order chi connectivity index (χ0) is 8.10. The molecule has 2 nitrogen and oxygen atoms in total. The Labute approximate surface area is 69.8 Å². The molecule has 0 radical (unpaired) electrons. The van der Waals surface area contributed by atoms with Gasteiger partial charge in [-0.2, -0.15) is 0 Å². The molecule has 1 atom stereocenters. The van der Waals surface area contributed by atoms with Gasteiger partial charge in [-0.05, 0) is 32.9 Å². The largest absolute Gasteiger partial charge is 0.318 e. The van der Waals surface area contributed by atoms with Gasteiger partial charge in [0.15, 0.2) is 0 Å². The highest BCUT2D eigenvalue weighted by Crippen LogP contribution is 2.27. The second-order valence-corrected chi connectivity index (χ2v) is 3.50. The lowest BCUT2D eigenvalue weighted by Gasteiger charge is -2.22. The molecule has 0 saturated heterocycles. The van der Waals surface area contributed by atoms with Crippen molar-refractivity contribution in [2.45, 2.75) is 31.7 Å². The van der Waals surface area contributed by atoms with Gasteiger partial charge in [0.2, 0.25) is 0 Å². The van der Waals surface area contributed by atoms with Crippen LogP contribution in [0.4, 0.5) is 0 Å². The van der Waals surface area contributed by atoms with Gasteiger partial charge in [0, 0.05) is 12.6 Å². The summed E-state index contributed by atoms with van der Waals surface area (Å²) in [5.41, 5.74) is 0. The number of likely N-dealkylation sites (N-methyl/N-ethyl adjacent to an activating group) is 2. The fourth-order valence-corrected chi connectivity index (χ4v) is 2.08. The number of rotatable bonds is 4. The zero-order valence-electron chi connectivity index (χ0n) is 7.69. The number of hydrogen-bond donors (Lipinski definition) is 2. The van der Waals surface area contributed by atoms with E-state index in [0.717, 1.165) is 12.5 Å². The molecule has 0 aromatic carbocycles. The Morgan fingerprint density at radius 1 is 1.27 bits per heavy atom. The first-order chi connectivity index (χ1) is 5.38. The van der Waals surface area contributed by atoms with Gasteiger partial charge in [-0.15, -0.1) is 0 Å². The number of hydrogen-bond acceptors (Lipinski definition) is 2. The summed E-state index contributed by atoms with van der Waals surface area (Å²) < 4.78 is 0. The highest BCUT2D eigenvalue weighted by Gasteiger charge is 2.22. The first-order valence-electron chi connectivity index (χ1n) is 4.70. The van der Waals surface area contributed by atoms with Crippen molar-refractivity contribution in [3.8, 4) is 0 Å². The lowest BCUT2D eigenvalue weighted by atomic mass is 9.98. The third-order valence-corrected chi connectivity index (χ3v) is 2.76. The van der Waals surface area contributed by atoms with Crippen LogP contribution in [-0.2, 0) is 0 Å². The van der Waals surface area contributed by atoms with Crippen LogP contribution in [0.25, 0.3) is 0 Å². The van der Waals surface area contributed by atoms with Gasteiger partial charge in [0.25, 0.3) is 0 Å². The zero-order valence-corrected chi connectivity index (χ0v) is 7.69. The molecule has 1 saturated carbocycles. The molecule has 0 spiro atoms.